The van der Waals surface area contributed by atoms with E-state index in [0.717, 1.165) is 52.7 Å². The Morgan fingerprint density at radius 2 is 2.00 bits per heavy atom. The lowest BCUT2D eigenvalue weighted by Gasteiger charge is -2.17. The van der Waals surface area contributed by atoms with E-state index in [1.54, 1.807) is 7.11 Å². The van der Waals surface area contributed by atoms with Crippen molar-refractivity contribution in [2.45, 2.75) is 25.7 Å². The number of ether oxygens (including phenoxy) is 1. The van der Waals surface area contributed by atoms with Crippen molar-refractivity contribution in [3.8, 4) is 17.1 Å². The molecule has 0 bridgehead atoms. The lowest BCUT2D eigenvalue weighted by Crippen LogP contribution is -2.09. The van der Waals surface area contributed by atoms with Crippen molar-refractivity contribution >= 4 is 27.5 Å². The van der Waals surface area contributed by atoms with Gasteiger partial charge < -0.3 is 4.74 Å². The van der Waals surface area contributed by atoms with Crippen LogP contribution in [0, 0.1) is 0 Å². The third kappa shape index (κ3) is 2.54. The molecule has 1 aromatic carbocycles. The first kappa shape index (κ1) is 13.8. The molecule has 0 spiro atoms. The molecule has 0 aliphatic heterocycles. The van der Waals surface area contributed by atoms with E-state index < -0.39 is 0 Å². The first-order valence-corrected chi connectivity index (χ1v) is 7.75. The van der Waals surface area contributed by atoms with Crippen molar-refractivity contribution in [2.24, 2.45) is 0 Å². The smallest absolute Gasteiger partial charge is 0.164 e. The molecule has 3 rings (SSSR count). The molecule has 1 aliphatic rings. The summed E-state index contributed by atoms with van der Waals surface area (Å²) in [5.74, 6) is 1.38. The second-order valence-electron chi connectivity index (χ2n) is 4.81. The number of rotatable bonds is 2. The van der Waals surface area contributed by atoms with E-state index in [-0.39, 0.29) is 0 Å². The van der Waals surface area contributed by atoms with Crippen molar-refractivity contribution in [3.63, 3.8) is 0 Å². The zero-order chi connectivity index (χ0) is 14.1. The number of benzene rings is 1. The summed E-state index contributed by atoms with van der Waals surface area (Å²) < 4.78 is 6.36. The molecule has 0 saturated heterocycles. The van der Waals surface area contributed by atoms with Gasteiger partial charge in [-0.15, -0.1) is 0 Å². The van der Waals surface area contributed by atoms with E-state index in [2.05, 4.69) is 20.9 Å². The Bertz CT molecular complexity index is 661. The molecule has 0 atom stereocenters. The predicted molar refractivity (Wildman–Crippen MR) is 83.4 cm³/mol. The zero-order valence-corrected chi connectivity index (χ0v) is 13.5. The summed E-state index contributed by atoms with van der Waals surface area (Å²) in [5.41, 5.74) is 3.04. The van der Waals surface area contributed by atoms with Crippen LogP contribution in [0.4, 0.5) is 0 Å². The van der Waals surface area contributed by atoms with Gasteiger partial charge in [-0.2, -0.15) is 0 Å². The van der Waals surface area contributed by atoms with Crippen LogP contribution in [0.5, 0.6) is 5.75 Å². The summed E-state index contributed by atoms with van der Waals surface area (Å²) in [7, 11) is 1.65. The monoisotopic (exact) mass is 352 g/mol. The molecule has 1 heterocycles. The first-order valence-electron chi connectivity index (χ1n) is 6.58. The quantitative estimate of drug-likeness (QED) is 0.748. The van der Waals surface area contributed by atoms with E-state index in [1.807, 2.05) is 18.2 Å². The second kappa shape index (κ2) is 5.70. The molecule has 1 aromatic heterocycles. The largest absolute Gasteiger partial charge is 0.496 e. The number of hydrogen-bond acceptors (Lipinski definition) is 3. The van der Waals surface area contributed by atoms with E-state index in [1.165, 1.54) is 0 Å². The van der Waals surface area contributed by atoms with Crippen LogP contribution in [0.1, 0.15) is 24.1 Å². The van der Waals surface area contributed by atoms with Crippen molar-refractivity contribution in [1.82, 2.24) is 9.97 Å². The van der Waals surface area contributed by atoms with Crippen molar-refractivity contribution in [3.05, 3.63) is 39.1 Å². The number of hydrogen-bond donors (Lipinski definition) is 0. The lowest BCUT2D eigenvalue weighted by atomic mass is 9.97. The number of fused-ring (bicyclic) bond motifs is 1. The van der Waals surface area contributed by atoms with Gasteiger partial charge in [-0.05, 0) is 43.9 Å². The first-order chi connectivity index (χ1) is 9.69. The van der Waals surface area contributed by atoms with Gasteiger partial charge in [0, 0.05) is 15.7 Å². The molecule has 0 saturated carbocycles. The van der Waals surface area contributed by atoms with Crippen LogP contribution in [0.2, 0.25) is 5.15 Å². The predicted octanol–water partition coefficient (Wildman–Crippen LogP) is 4.45. The molecule has 5 heteroatoms. The molecular weight excluding hydrogens is 340 g/mol. The Hall–Kier alpha value is -1.13. The van der Waals surface area contributed by atoms with E-state index >= 15 is 0 Å². The Balaban J connectivity index is 2.15. The van der Waals surface area contributed by atoms with Gasteiger partial charge in [-0.1, -0.05) is 27.5 Å². The van der Waals surface area contributed by atoms with Crippen LogP contribution in [0.25, 0.3) is 11.4 Å². The van der Waals surface area contributed by atoms with Gasteiger partial charge >= 0.3 is 0 Å². The fourth-order valence-electron chi connectivity index (χ4n) is 2.52. The van der Waals surface area contributed by atoms with Gasteiger partial charge in [0.1, 0.15) is 10.9 Å². The number of aromatic nitrogens is 2. The van der Waals surface area contributed by atoms with Gasteiger partial charge in [0.05, 0.1) is 12.7 Å². The molecule has 0 fully saturated rings. The van der Waals surface area contributed by atoms with Crippen LogP contribution in [0.15, 0.2) is 22.7 Å². The minimum absolute atomic E-state index is 0.576. The van der Waals surface area contributed by atoms with E-state index in [0.29, 0.717) is 11.0 Å². The lowest BCUT2D eigenvalue weighted by molar-refractivity contribution is 0.416. The van der Waals surface area contributed by atoms with E-state index in [4.69, 9.17) is 21.3 Å². The standard InChI is InChI=1S/C15H14BrClN2O/c1-20-13-7-6-9(16)8-11(13)15-18-12-5-3-2-4-10(12)14(17)19-15/h6-8H,2-5H2,1H3. The molecule has 0 unspecified atom stereocenters. The Morgan fingerprint density at radius 3 is 2.80 bits per heavy atom. The number of nitrogens with zero attached hydrogens (tertiary/aromatic N) is 2. The molecule has 2 aromatic rings. The van der Waals surface area contributed by atoms with Gasteiger partial charge in [0.25, 0.3) is 0 Å². The topological polar surface area (TPSA) is 35.0 Å². The van der Waals surface area contributed by atoms with Crippen LogP contribution >= 0.6 is 27.5 Å². The maximum absolute atomic E-state index is 6.33. The van der Waals surface area contributed by atoms with Gasteiger partial charge in [-0.25, -0.2) is 9.97 Å². The summed E-state index contributed by atoms with van der Waals surface area (Å²) in [5, 5.41) is 0.576. The normalized spacial score (nSPS) is 13.9. The highest BCUT2D eigenvalue weighted by Crippen LogP contribution is 2.33. The Kier molecular flexibility index (Phi) is 3.94. The summed E-state index contributed by atoms with van der Waals surface area (Å²) in [6.07, 6.45) is 4.27. The minimum atomic E-state index is 0.576. The zero-order valence-electron chi connectivity index (χ0n) is 11.1. The average molecular weight is 354 g/mol. The SMILES string of the molecule is COc1ccc(Br)cc1-c1nc(Cl)c2c(n1)CCCC2. The minimum Gasteiger partial charge on any atom is -0.496 e. The second-order valence-corrected chi connectivity index (χ2v) is 6.09. The summed E-state index contributed by atoms with van der Waals surface area (Å²) in [4.78, 5) is 9.16. The molecule has 3 nitrogen and oxygen atoms in total. The van der Waals surface area contributed by atoms with Gasteiger partial charge in [0.15, 0.2) is 5.82 Å². The highest BCUT2D eigenvalue weighted by Gasteiger charge is 2.19. The summed E-state index contributed by atoms with van der Waals surface area (Å²) >= 11 is 9.80. The maximum atomic E-state index is 6.33. The summed E-state index contributed by atoms with van der Waals surface area (Å²) in [6, 6.07) is 5.79. The molecule has 0 N–H and O–H groups in total. The highest BCUT2D eigenvalue weighted by molar-refractivity contribution is 9.10. The number of aryl methyl sites for hydroxylation is 1. The summed E-state index contributed by atoms with van der Waals surface area (Å²) in [6.45, 7) is 0. The molecule has 1 aliphatic carbocycles. The Morgan fingerprint density at radius 1 is 1.20 bits per heavy atom. The van der Waals surface area contributed by atoms with Crippen molar-refractivity contribution < 1.29 is 4.74 Å². The average Bonchev–Trinajstić information content (AvgIpc) is 2.47. The molecule has 0 radical (unpaired) electrons. The fraction of sp³-hybridized carbons (Fsp3) is 0.333. The van der Waals surface area contributed by atoms with Crippen LogP contribution in [-0.4, -0.2) is 17.1 Å². The third-order valence-electron chi connectivity index (χ3n) is 3.54. The van der Waals surface area contributed by atoms with Crippen LogP contribution < -0.4 is 4.74 Å². The molecule has 20 heavy (non-hydrogen) atoms. The maximum Gasteiger partial charge on any atom is 0.164 e. The molecule has 0 amide bonds. The van der Waals surface area contributed by atoms with Gasteiger partial charge in [0.2, 0.25) is 0 Å². The van der Waals surface area contributed by atoms with E-state index in [9.17, 15) is 0 Å². The third-order valence-corrected chi connectivity index (χ3v) is 4.34. The fourth-order valence-corrected chi connectivity index (χ4v) is 3.17. The van der Waals surface area contributed by atoms with Gasteiger partial charge in [-0.3, -0.25) is 0 Å². The molecule has 104 valence electrons. The number of methoxy groups -OCH3 is 1. The van der Waals surface area contributed by atoms with Crippen molar-refractivity contribution in [2.75, 3.05) is 7.11 Å². The van der Waals surface area contributed by atoms with Crippen molar-refractivity contribution in [1.29, 1.82) is 0 Å². The number of halogens is 2. The van der Waals surface area contributed by atoms with Crippen LogP contribution in [0.3, 0.4) is 0 Å². The van der Waals surface area contributed by atoms with Crippen LogP contribution in [-0.2, 0) is 12.8 Å². The highest BCUT2D eigenvalue weighted by atomic mass is 79.9. The molecular formula is C15H14BrClN2O. The Labute approximate surface area is 131 Å².